The van der Waals surface area contributed by atoms with Gasteiger partial charge in [0, 0.05) is 11.0 Å². The first kappa shape index (κ1) is 20.7. The van der Waals surface area contributed by atoms with E-state index in [-0.39, 0.29) is 17.4 Å². The van der Waals surface area contributed by atoms with Crippen LogP contribution in [-0.2, 0) is 17.9 Å². The van der Waals surface area contributed by atoms with E-state index in [1.54, 1.807) is 36.0 Å². The Hall–Kier alpha value is -2.06. The van der Waals surface area contributed by atoms with Crippen LogP contribution in [0.2, 0.25) is 0 Å². The third-order valence-corrected chi connectivity index (χ3v) is 5.68. The lowest BCUT2D eigenvalue weighted by molar-refractivity contribution is -0.120. The van der Waals surface area contributed by atoms with Gasteiger partial charge in [0.15, 0.2) is 5.16 Å². The van der Waals surface area contributed by atoms with E-state index in [9.17, 15) is 9.59 Å². The summed E-state index contributed by atoms with van der Waals surface area (Å²) in [6, 6.07) is 9.04. The molecule has 0 saturated carbocycles. The lowest BCUT2D eigenvalue weighted by atomic mass is 10.2. The number of benzene rings is 1. The lowest BCUT2D eigenvalue weighted by Gasteiger charge is -2.17. The van der Waals surface area contributed by atoms with Crippen molar-refractivity contribution in [2.45, 2.75) is 44.3 Å². The molecular formula is C20H22BrN3O3S. The van der Waals surface area contributed by atoms with Gasteiger partial charge < -0.3 is 9.73 Å². The van der Waals surface area contributed by atoms with Gasteiger partial charge in [-0.25, -0.2) is 4.98 Å². The van der Waals surface area contributed by atoms with Crippen LogP contribution in [0, 0.1) is 5.92 Å². The molecule has 0 spiro atoms. The molecule has 148 valence electrons. The molecule has 3 aromatic rings. The molecule has 0 fully saturated rings. The van der Waals surface area contributed by atoms with Crippen molar-refractivity contribution in [1.82, 2.24) is 14.9 Å². The van der Waals surface area contributed by atoms with E-state index in [0.29, 0.717) is 34.9 Å². The number of amides is 1. The minimum atomic E-state index is -0.409. The predicted molar refractivity (Wildman–Crippen MR) is 114 cm³/mol. The number of halogens is 1. The Morgan fingerprint density at radius 3 is 2.79 bits per heavy atom. The second kappa shape index (κ2) is 8.96. The number of carbonyl (C=O) groups excluding carboxylic acids is 1. The number of fused-ring (bicyclic) bond motifs is 1. The maximum absolute atomic E-state index is 13.0. The van der Waals surface area contributed by atoms with E-state index < -0.39 is 5.25 Å². The number of nitrogens with zero attached hydrogens (tertiary/aromatic N) is 2. The molecule has 28 heavy (non-hydrogen) atoms. The molecule has 2 aromatic heterocycles. The fourth-order valence-corrected chi connectivity index (χ4v) is 4.04. The number of rotatable bonds is 7. The molecule has 0 aliphatic carbocycles. The average molecular weight is 464 g/mol. The second-order valence-corrected chi connectivity index (χ2v) is 9.15. The first-order valence-corrected chi connectivity index (χ1v) is 10.7. The zero-order chi connectivity index (χ0) is 20.3. The zero-order valence-electron chi connectivity index (χ0n) is 15.9. The van der Waals surface area contributed by atoms with Crippen molar-refractivity contribution in [2.75, 3.05) is 0 Å². The molecule has 2 heterocycles. The Morgan fingerprint density at radius 1 is 1.32 bits per heavy atom. The summed E-state index contributed by atoms with van der Waals surface area (Å²) in [6.45, 7) is 6.77. The number of hydrogen-bond acceptors (Lipinski definition) is 5. The summed E-state index contributed by atoms with van der Waals surface area (Å²) >= 11 is 4.70. The van der Waals surface area contributed by atoms with Gasteiger partial charge in [-0.15, -0.1) is 0 Å². The Kier molecular flexibility index (Phi) is 6.61. The third-order valence-electron chi connectivity index (χ3n) is 4.10. The van der Waals surface area contributed by atoms with Gasteiger partial charge in [0.05, 0.1) is 29.0 Å². The van der Waals surface area contributed by atoms with Crippen molar-refractivity contribution in [3.63, 3.8) is 0 Å². The summed E-state index contributed by atoms with van der Waals surface area (Å²) in [5, 5.41) is 3.55. The Labute approximate surface area is 175 Å². The standard InChI is InChI=1S/C20H22BrN3O3S/c1-12(2)11-24-19(26)16-9-14(21)6-7-17(16)23-20(24)28-13(3)18(25)22-10-15-5-4-8-27-15/h4-9,12-13H,10-11H2,1-3H3,(H,22,25). The molecule has 1 unspecified atom stereocenters. The van der Waals surface area contributed by atoms with Gasteiger partial charge in [-0.05, 0) is 43.2 Å². The molecule has 0 aliphatic rings. The Balaban J connectivity index is 1.86. The van der Waals surface area contributed by atoms with Crippen LogP contribution in [-0.4, -0.2) is 20.7 Å². The quantitative estimate of drug-likeness (QED) is 0.419. The largest absolute Gasteiger partial charge is 0.467 e. The van der Waals surface area contributed by atoms with E-state index >= 15 is 0 Å². The Bertz CT molecular complexity index is 1030. The molecule has 0 saturated heterocycles. The van der Waals surface area contributed by atoms with E-state index in [0.717, 1.165) is 4.47 Å². The van der Waals surface area contributed by atoms with Gasteiger partial charge in [0.2, 0.25) is 5.91 Å². The van der Waals surface area contributed by atoms with Crippen LogP contribution in [0.25, 0.3) is 10.9 Å². The molecule has 1 amide bonds. The predicted octanol–water partition coefficient (Wildman–Crippen LogP) is 4.21. The highest BCUT2D eigenvalue weighted by Crippen LogP contribution is 2.24. The molecule has 3 rings (SSSR count). The first-order valence-electron chi connectivity index (χ1n) is 9.02. The van der Waals surface area contributed by atoms with Crippen LogP contribution in [0.5, 0.6) is 0 Å². The van der Waals surface area contributed by atoms with Crippen LogP contribution < -0.4 is 10.9 Å². The van der Waals surface area contributed by atoms with Crippen LogP contribution in [0.1, 0.15) is 26.5 Å². The number of furan rings is 1. The van der Waals surface area contributed by atoms with E-state index in [4.69, 9.17) is 4.42 Å². The summed E-state index contributed by atoms with van der Waals surface area (Å²) in [5.74, 6) is 0.825. The molecule has 0 aliphatic heterocycles. The topological polar surface area (TPSA) is 77.1 Å². The van der Waals surface area contributed by atoms with E-state index in [1.807, 2.05) is 26.0 Å². The van der Waals surface area contributed by atoms with Crippen LogP contribution >= 0.6 is 27.7 Å². The SMILES string of the molecule is CC(C)Cn1c(SC(C)C(=O)NCc2ccco2)nc2ccc(Br)cc2c1=O. The van der Waals surface area contributed by atoms with Gasteiger partial charge in [0.25, 0.3) is 5.56 Å². The third kappa shape index (κ3) is 4.86. The fourth-order valence-electron chi connectivity index (χ4n) is 2.73. The van der Waals surface area contributed by atoms with Crippen molar-refractivity contribution >= 4 is 44.5 Å². The highest BCUT2D eigenvalue weighted by molar-refractivity contribution is 9.10. The maximum Gasteiger partial charge on any atom is 0.262 e. The molecule has 1 aromatic carbocycles. The molecule has 1 atom stereocenters. The minimum Gasteiger partial charge on any atom is -0.467 e. The van der Waals surface area contributed by atoms with Gasteiger partial charge in [0.1, 0.15) is 5.76 Å². The Morgan fingerprint density at radius 2 is 2.11 bits per heavy atom. The average Bonchev–Trinajstić information content (AvgIpc) is 3.17. The number of hydrogen-bond donors (Lipinski definition) is 1. The van der Waals surface area contributed by atoms with Crippen molar-refractivity contribution in [3.05, 3.63) is 57.2 Å². The number of nitrogens with one attached hydrogen (secondary N) is 1. The van der Waals surface area contributed by atoms with Crippen LogP contribution in [0.15, 0.2) is 55.4 Å². The molecule has 8 heteroatoms. The fraction of sp³-hybridized carbons (Fsp3) is 0.350. The van der Waals surface area contributed by atoms with Crippen molar-refractivity contribution in [1.29, 1.82) is 0 Å². The first-order chi connectivity index (χ1) is 13.3. The van der Waals surface area contributed by atoms with Crippen molar-refractivity contribution in [2.24, 2.45) is 5.92 Å². The van der Waals surface area contributed by atoms with Gasteiger partial charge in [-0.2, -0.15) is 0 Å². The number of thioether (sulfide) groups is 1. The monoisotopic (exact) mass is 463 g/mol. The normalized spacial score (nSPS) is 12.5. The van der Waals surface area contributed by atoms with Crippen molar-refractivity contribution in [3.8, 4) is 0 Å². The van der Waals surface area contributed by atoms with Gasteiger partial charge in [-0.1, -0.05) is 41.5 Å². The second-order valence-electron chi connectivity index (χ2n) is 6.92. The van der Waals surface area contributed by atoms with Crippen LogP contribution in [0.3, 0.4) is 0 Å². The molecule has 1 N–H and O–H groups in total. The highest BCUT2D eigenvalue weighted by atomic mass is 79.9. The summed E-state index contributed by atoms with van der Waals surface area (Å²) < 4.78 is 7.74. The maximum atomic E-state index is 13.0. The summed E-state index contributed by atoms with van der Waals surface area (Å²) in [7, 11) is 0. The van der Waals surface area contributed by atoms with Gasteiger partial charge >= 0.3 is 0 Å². The minimum absolute atomic E-state index is 0.0920. The molecule has 0 bridgehead atoms. The van der Waals surface area contributed by atoms with Gasteiger partial charge in [-0.3, -0.25) is 14.2 Å². The summed E-state index contributed by atoms with van der Waals surface area (Å²) in [6.07, 6.45) is 1.57. The number of aromatic nitrogens is 2. The van der Waals surface area contributed by atoms with Crippen molar-refractivity contribution < 1.29 is 9.21 Å². The molecule has 0 radical (unpaired) electrons. The smallest absolute Gasteiger partial charge is 0.262 e. The highest BCUT2D eigenvalue weighted by Gasteiger charge is 2.20. The van der Waals surface area contributed by atoms with E-state index in [2.05, 4.69) is 26.2 Å². The molecular weight excluding hydrogens is 442 g/mol. The zero-order valence-corrected chi connectivity index (χ0v) is 18.3. The summed E-state index contributed by atoms with van der Waals surface area (Å²) in [5.41, 5.74) is 0.532. The van der Waals surface area contributed by atoms with Crippen LogP contribution in [0.4, 0.5) is 0 Å². The number of carbonyl (C=O) groups is 1. The molecule has 6 nitrogen and oxygen atoms in total. The van der Waals surface area contributed by atoms with E-state index in [1.165, 1.54) is 11.8 Å². The lowest BCUT2D eigenvalue weighted by Crippen LogP contribution is -2.32. The summed E-state index contributed by atoms with van der Waals surface area (Å²) in [4.78, 5) is 30.2.